The summed E-state index contributed by atoms with van der Waals surface area (Å²) in [5, 5.41) is 6.24. The van der Waals surface area contributed by atoms with Gasteiger partial charge in [0.15, 0.2) is 0 Å². The summed E-state index contributed by atoms with van der Waals surface area (Å²) in [6, 6.07) is 20.3. The average Bonchev–Trinajstić information content (AvgIpc) is 2.54. The van der Waals surface area contributed by atoms with Gasteiger partial charge in [0.05, 0.1) is 6.54 Å². The van der Waals surface area contributed by atoms with Crippen LogP contribution in [0.4, 0.5) is 5.69 Å². The van der Waals surface area contributed by atoms with E-state index in [-0.39, 0.29) is 11.3 Å². The lowest BCUT2D eigenvalue weighted by molar-refractivity contribution is -0.119. The third kappa shape index (κ3) is 3.30. The first-order valence-corrected chi connectivity index (χ1v) is 7.90. The molecule has 0 radical (unpaired) electrons. The largest absolute Gasteiger partial charge is 0.376 e. The van der Waals surface area contributed by atoms with Crippen molar-refractivity contribution in [3.63, 3.8) is 0 Å². The third-order valence-electron chi connectivity index (χ3n) is 4.55. The fourth-order valence-electron chi connectivity index (χ4n) is 3.03. The minimum Gasteiger partial charge on any atom is -0.376 e. The predicted octanol–water partition coefficient (Wildman–Crippen LogP) is 3.34. The van der Waals surface area contributed by atoms with Crippen molar-refractivity contribution in [3.05, 3.63) is 66.2 Å². The molecule has 0 heterocycles. The molecule has 114 valence electrons. The lowest BCUT2D eigenvalue weighted by Gasteiger charge is -2.42. The van der Waals surface area contributed by atoms with Gasteiger partial charge in [-0.05, 0) is 30.5 Å². The van der Waals surface area contributed by atoms with E-state index in [0.29, 0.717) is 6.54 Å². The maximum atomic E-state index is 12.1. The highest BCUT2D eigenvalue weighted by Crippen LogP contribution is 2.43. The Bertz CT molecular complexity index is 606. The number of amides is 1. The highest BCUT2D eigenvalue weighted by molar-refractivity contribution is 5.80. The number of carbonyl (C=O) groups is 1. The fourth-order valence-corrected chi connectivity index (χ4v) is 3.03. The van der Waals surface area contributed by atoms with Crippen LogP contribution in [0.5, 0.6) is 0 Å². The van der Waals surface area contributed by atoms with Crippen molar-refractivity contribution in [2.75, 3.05) is 18.4 Å². The zero-order chi connectivity index (χ0) is 15.3. The van der Waals surface area contributed by atoms with Crippen LogP contribution in [0, 0.1) is 0 Å². The normalized spacial score (nSPS) is 15.6. The van der Waals surface area contributed by atoms with Crippen molar-refractivity contribution in [1.82, 2.24) is 5.32 Å². The number of hydrogen-bond donors (Lipinski definition) is 2. The number of anilines is 1. The van der Waals surface area contributed by atoms with Crippen molar-refractivity contribution >= 4 is 11.6 Å². The molecule has 1 fully saturated rings. The summed E-state index contributed by atoms with van der Waals surface area (Å²) >= 11 is 0. The monoisotopic (exact) mass is 294 g/mol. The average molecular weight is 294 g/mol. The topological polar surface area (TPSA) is 41.1 Å². The van der Waals surface area contributed by atoms with Gasteiger partial charge in [-0.2, -0.15) is 0 Å². The van der Waals surface area contributed by atoms with Crippen LogP contribution < -0.4 is 10.6 Å². The van der Waals surface area contributed by atoms with E-state index < -0.39 is 0 Å². The molecule has 3 nitrogen and oxygen atoms in total. The zero-order valence-electron chi connectivity index (χ0n) is 12.7. The van der Waals surface area contributed by atoms with Crippen LogP contribution in [-0.2, 0) is 10.2 Å². The van der Waals surface area contributed by atoms with E-state index in [1.54, 1.807) is 0 Å². The molecule has 0 aromatic heterocycles. The highest BCUT2D eigenvalue weighted by atomic mass is 16.1. The van der Waals surface area contributed by atoms with Gasteiger partial charge < -0.3 is 10.6 Å². The number of nitrogens with one attached hydrogen (secondary N) is 2. The van der Waals surface area contributed by atoms with Gasteiger partial charge in [0.1, 0.15) is 0 Å². The van der Waals surface area contributed by atoms with Gasteiger partial charge in [0.25, 0.3) is 0 Å². The second kappa shape index (κ2) is 6.65. The van der Waals surface area contributed by atoms with Crippen molar-refractivity contribution in [1.29, 1.82) is 0 Å². The summed E-state index contributed by atoms with van der Waals surface area (Å²) in [4.78, 5) is 12.1. The molecule has 0 spiro atoms. The van der Waals surface area contributed by atoms with Crippen LogP contribution >= 0.6 is 0 Å². The maximum absolute atomic E-state index is 12.1. The van der Waals surface area contributed by atoms with E-state index in [4.69, 9.17) is 0 Å². The number of hydrogen-bond acceptors (Lipinski definition) is 2. The summed E-state index contributed by atoms with van der Waals surface area (Å²) in [6.45, 7) is 1.04. The molecule has 1 aliphatic rings. The smallest absolute Gasteiger partial charge is 0.239 e. The summed E-state index contributed by atoms with van der Waals surface area (Å²) < 4.78 is 0. The van der Waals surface area contributed by atoms with Crippen LogP contribution in [0.2, 0.25) is 0 Å². The molecule has 0 saturated heterocycles. The van der Waals surface area contributed by atoms with Crippen molar-refractivity contribution in [2.45, 2.75) is 24.7 Å². The van der Waals surface area contributed by atoms with Gasteiger partial charge in [-0.1, -0.05) is 55.0 Å². The van der Waals surface area contributed by atoms with Gasteiger partial charge >= 0.3 is 0 Å². The molecule has 0 aliphatic heterocycles. The standard InChI is InChI=1S/C19H22N2O/c22-18(14-20-17-10-5-2-6-11-17)21-15-19(12-7-13-19)16-8-3-1-4-9-16/h1-6,8-11,20H,7,12-15H2,(H,21,22). The third-order valence-corrected chi connectivity index (χ3v) is 4.55. The first kappa shape index (κ1) is 14.6. The van der Waals surface area contributed by atoms with Gasteiger partial charge in [-0.15, -0.1) is 0 Å². The summed E-state index contributed by atoms with van der Waals surface area (Å²) in [6.07, 6.45) is 3.56. The van der Waals surface area contributed by atoms with E-state index in [0.717, 1.165) is 25.1 Å². The van der Waals surface area contributed by atoms with Crippen LogP contribution in [0.15, 0.2) is 60.7 Å². The summed E-state index contributed by atoms with van der Waals surface area (Å²) in [5.74, 6) is 0.0473. The Hall–Kier alpha value is -2.29. The minimum atomic E-state index is 0.0473. The predicted molar refractivity (Wildman–Crippen MR) is 89.9 cm³/mol. The van der Waals surface area contributed by atoms with E-state index in [1.807, 2.05) is 36.4 Å². The van der Waals surface area contributed by atoms with Crippen LogP contribution in [0.25, 0.3) is 0 Å². The Morgan fingerprint density at radius 2 is 1.59 bits per heavy atom. The number of carbonyl (C=O) groups excluding carboxylic acids is 1. The zero-order valence-corrected chi connectivity index (χ0v) is 12.7. The molecule has 0 bridgehead atoms. The maximum Gasteiger partial charge on any atom is 0.239 e. The molecule has 22 heavy (non-hydrogen) atoms. The van der Waals surface area contributed by atoms with Gasteiger partial charge in [-0.3, -0.25) is 4.79 Å². The molecule has 2 N–H and O–H groups in total. The molecule has 1 aliphatic carbocycles. The molecule has 2 aromatic carbocycles. The number of benzene rings is 2. The van der Waals surface area contributed by atoms with Crippen molar-refractivity contribution in [3.8, 4) is 0 Å². The van der Waals surface area contributed by atoms with Crippen LogP contribution in [0.1, 0.15) is 24.8 Å². The number of rotatable bonds is 6. The first-order chi connectivity index (χ1) is 10.8. The van der Waals surface area contributed by atoms with Crippen LogP contribution in [0.3, 0.4) is 0 Å². The highest BCUT2D eigenvalue weighted by Gasteiger charge is 2.38. The Balaban J connectivity index is 1.52. The number of para-hydroxylation sites is 1. The molecule has 1 saturated carbocycles. The fraction of sp³-hybridized carbons (Fsp3) is 0.316. The Labute approximate surface area is 131 Å². The first-order valence-electron chi connectivity index (χ1n) is 7.90. The van der Waals surface area contributed by atoms with E-state index in [1.165, 1.54) is 12.0 Å². The minimum absolute atomic E-state index is 0.0473. The molecule has 1 amide bonds. The van der Waals surface area contributed by atoms with Crippen molar-refractivity contribution < 1.29 is 4.79 Å². The Kier molecular flexibility index (Phi) is 4.42. The second-order valence-electron chi connectivity index (χ2n) is 6.00. The Morgan fingerprint density at radius 3 is 2.18 bits per heavy atom. The summed E-state index contributed by atoms with van der Waals surface area (Å²) in [5.41, 5.74) is 2.46. The van der Waals surface area contributed by atoms with E-state index >= 15 is 0 Å². The van der Waals surface area contributed by atoms with Gasteiger partial charge in [0, 0.05) is 17.6 Å². The van der Waals surface area contributed by atoms with Gasteiger partial charge in [0.2, 0.25) is 5.91 Å². The van der Waals surface area contributed by atoms with Gasteiger partial charge in [-0.25, -0.2) is 0 Å². The van der Waals surface area contributed by atoms with Crippen LogP contribution in [-0.4, -0.2) is 19.0 Å². The SMILES string of the molecule is O=C(CNc1ccccc1)NCC1(c2ccccc2)CCC1. The van der Waals surface area contributed by atoms with Crippen molar-refractivity contribution in [2.24, 2.45) is 0 Å². The molecule has 2 aromatic rings. The second-order valence-corrected chi connectivity index (χ2v) is 6.00. The lowest BCUT2D eigenvalue weighted by atomic mass is 9.64. The molecule has 0 atom stereocenters. The van der Waals surface area contributed by atoms with E-state index in [9.17, 15) is 4.79 Å². The Morgan fingerprint density at radius 1 is 0.955 bits per heavy atom. The molecule has 3 heteroatoms. The quantitative estimate of drug-likeness (QED) is 0.858. The summed E-state index contributed by atoms with van der Waals surface area (Å²) in [7, 11) is 0. The van der Waals surface area contributed by atoms with E-state index in [2.05, 4.69) is 34.9 Å². The molecular weight excluding hydrogens is 272 g/mol. The molecular formula is C19H22N2O. The molecule has 3 rings (SSSR count). The molecule has 0 unspecified atom stereocenters. The lowest BCUT2D eigenvalue weighted by Crippen LogP contribution is -2.46.